The topological polar surface area (TPSA) is 52.0 Å². The Kier molecular flexibility index (Phi) is 2.32. The van der Waals surface area contributed by atoms with Gasteiger partial charge in [0.05, 0.1) is 0 Å². The van der Waals surface area contributed by atoms with Gasteiger partial charge in [-0.15, -0.1) is 0 Å². The van der Waals surface area contributed by atoms with Gasteiger partial charge in [-0.3, -0.25) is 0 Å². The van der Waals surface area contributed by atoms with E-state index in [1.807, 2.05) is 0 Å². The van der Waals surface area contributed by atoms with Gasteiger partial charge in [0, 0.05) is 12.1 Å². The van der Waals surface area contributed by atoms with E-state index in [0.717, 1.165) is 12.3 Å². The first-order valence-corrected chi connectivity index (χ1v) is 4.14. The van der Waals surface area contributed by atoms with Gasteiger partial charge < -0.3 is 11.5 Å². The second kappa shape index (κ2) is 2.89. The molecule has 1 aliphatic rings. The standard InChI is InChI=1S/C8H18N2/c1-5-3-4-7(9)8(10)6(5)2/h5-8H,3-4,9-10H2,1-2H3. The molecule has 0 spiro atoms. The Morgan fingerprint density at radius 2 is 1.70 bits per heavy atom. The zero-order valence-corrected chi connectivity index (χ0v) is 6.88. The Hall–Kier alpha value is -0.0800. The van der Waals surface area contributed by atoms with Gasteiger partial charge in [-0.2, -0.15) is 0 Å². The van der Waals surface area contributed by atoms with Gasteiger partial charge in [0.2, 0.25) is 0 Å². The Labute approximate surface area is 63.0 Å². The smallest absolute Gasteiger partial charge is 0.0220 e. The molecule has 0 heterocycles. The van der Waals surface area contributed by atoms with Crippen LogP contribution < -0.4 is 11.5 Å². The first kappa shape index (κ1) is 8.02. The van der Waals surface area contributed by atoms with Crippen molar-refractivity contribution in [1.29, 1.82) is 0 Å². The van der Waals surface area contributed by atoms with E-state index in [1.54, 1.807) is 0 Å². The molecule has 10 heavy (non-hydrogen) atoms. The van der Waals surface area contributed by atoms with Crippen molar-refractivity contribution in [2.24, 2.45) is 23.3 Å². The van der Waals surface area contributed by atoms with Gasteiger partial charge in [-0.25, -0.2) is 0 Å². The van der Waals surface area contributed by atoms with E-state index in [1.165, 1.54) is 6.42 Å². The van der Waals surface area contributed by atoms with Crippen LogP contribution in [-0.4, -0.2) is 12.1 Å². The van der Waals surface area contributed by atoms with Crippen LogP contribution in [0.3, 0.4) is 0 Å². The maximum absolute atomic E-state index is 5.89. The van der Waals surface area contributed by atoms with Crippen LogP contribution in [0.1, 0.15) is 26.7 Å². The molecule has 0 bridgehead atoms. The normalized spacial score (nSPS) is 49.2. The predicted octanol–water partition coefficient (Wildman–Crippen LogP) is 0.707. The molecular weight excluding hydrogens is 124 g/mol. The van der Waals surface area contributed by atoms with Crippen LogP contribution in [0.5, 0.6) is 0 Å². The van der Waals surface area contributed by atoms with Gasteiger partial charge in [0.25, 0.3) is 0 Å². The summed E-state index contributed by atoms with van der Waals surface area (Å²) in [5, 5.41) is 0. The molecule has 0 aromatic rings. The molecule has 2 heteroatoms. The molecule has 4 atom stereocenters. The Morgan fingerprint density at radius 1 is 1.10 bits per heavy atom. The molecule has 0 aromatic heterocycles. The lowest BCUT2D eigenvalue weighted by Crippen LogP contribution is -2.50. The summed E-state index contributed by atoms with van der Waals surface area (Å²) in [6.45, 7) is 4.46. The molecule has 4 unspecified atom stereocenters. The minimum Gasteiger partial charge on any atom is -0.326 e. The summed E-state index contributed by atoms with van der Waals surface area (Å²) < 4.78 is 0. The van der Waals surface area contributed by atoms with Gasteiger partial charge in [-0.05, 0) is 24.7 Å². The highest BCUT2D eigenvalue weighted by atomic mass is 14.8. The van der Waals surface area contributed by atoms with Gasteiger partial charge in [0.15, 0.2) is 0 Å². The average molecular weight is 142 g/mol. The summed E-state index contributed by atoms with van der Waals surface area (Å²) in [5.41, 5.74) is 11.7. The average Bonchev–Trinajstić information content (AvgIpc) is 1.93. The Morgan fingerprint density at radius 3 is 2.20 bits per heavy atom. The van der Waals surface area contributed by atoms with Crippen LogP contribution in [0.15, 0.2) is 0 Å². The third-order valence-corrected chi connectivity index (χ3v) is 2.95. The van der Waals surface area contributed by atoms with Crippen molar-refractivity contribution >= 4 is 0 Å². The van der Waals surface area contributed by atoms with E-state index >= 15 is 0 Å². The van der Waals surface area contributed by atoms with Crippen molar-refractivity contribution in [3.05, 3.63) is 0 Å². The third-order valence-electron chi connectivity index (χ3n) is 2.95. The highest BCUT2D eigenvalue weighted by molar-refractivity contribution is 4.88. The number of nitrogens with two attached hydrogens (primary N) is 2. The molecule has 0 aromatic carbocycles. The van der Waals surface area contributed by atoms with Crippen molar-refractivity contribution in [2.45, 2.75) is 38.8 Å². The Bertz CT molecular complexity index is 99.8. The van der Waals surface area contributed by atoms with Gasteiger partial charge in [0.1, 0.15) is 0 Å². The zero-order chi connectivity index (χ0) is 7.72. The quantitative estimate of drug-likeness (QED) is 0.523. The maximum Gasteiger partial charge on any atom is 0.0220 e. The number of hydrogen-bond acceptors (Lipinski definition) is 2. The maximum atomic E-state index is 5.89. The number of hydrogen-bond donors (Lipinski definition) is 2. The molecule has 1 saturated carbocycles. The van der Waals surface area contributed by atoms with Crippen LogP contribution in [0, 0.1) is 11.8 Å². The summed E-state index contributed by atoms with van der Waals surface area (Å²) in [6.07, 6.45) is 2.35. The monoisotopic (exact) mass is 142 g/mol. The van der Waals surface area contributed by atoms with E-state index in [0.29, 0.717) is 5.92 Å². The van der Waals surface area contributed by atoms with Crippen molar-refractivity contribution in [2.75, 3.05) is 0 Å². The molecule has 0 radical (unpaired) electrons. The van der Waals surface area contributed by atoms with E-state index in [2.05, 4.69) is 13.8 Å². The van der Waals surface area contributed by atoms with E-state index in [9.17, 15) is 0 Å². The fourth-order valence-electron chi connectivity index (χ4n) is 1.68. The molecule has 0 amide bonds. The van der Waals surface area contributed by atoms with Crippen molar-refractivity contribution in [1.82, 2.24) is 0 Å². The van der Waals surface area contributed by atoms with E-state index in [-0.39, 0.29) is 12.1 Å². The van der Waals surface area contributed by atoms with Crippen molar-refractivity contribution < 1.29 is 0 Å². The minimum atomic E-state index is 0.226. The fourth-order valence-corrected chi connectivity index (χ4v) is 1.68. The summed E-state index contributed by atoms with van der Waals surface area (Å²) in [5.74, 6) is 1.36. The lowest BCUT2D eigenvalue weighted by atomic mass is 9.76. The van der Waals surface area contributed by atoms with Crippen LogP contribution in [0.4, 0.5) is 0 Å². The molecule has 0 saturated heterocycles. The molecule has 1 aliphatic carbocycles. The van der Waals surface area contributed by atoms with Crippen molar-refractivity contribution in [3.63, 3.8) is 0 Å². The fraction of sp³-hybridized carbons (Fsp3) is 1.00. The summed E-state index contributed by atoms with van der Waals surface area (Å²) in [6, 6.07) is 0.468. The summed E-state index contributed by atoms with van der Waals surface area (Å²) in [4.78, 5) is 0. The highest BCUT2D eigenvalue weighted by Gasteiger charge is 2.29. The largest absolute Gasteiger partial charge is 0.326 e. The molecule has 1 fully saturated rings. The molecule has 60 valence electrons. The highest BCUT2D eigenvalue weighted by Crippen LogP contribution is 2.27. The molecule has 0 aliphatic heterocycles. The van der Waals surface area contributed by atoms with Gasteiger partial charge in [-0.1, -0.05) is 13.8 Å². The zero-order valence-electron chi connectivity index (χ0n) is 6.88. The van der Waals surface area contributed by atoms with E-state index in [4.69, 9.17) is 11.5 Å². The SMILES string of the molecule is CC1CCC(N)C(N)C1C. The van der Waals surface area contributed by atoms with Crippen LogP contribution in [0.2, 0.25) is 0 Å². The lowest BCUT2D eigenvalue weighted by Gasteiger charge is -2.36. The van der Waals surface area contributed by atoms with E-state index < -0.39 is 0 Å². The molecule has 2 nitrogen and oxygen atoms in total. The number of rotatable bonds is 0. The molecule has 1 rings (SSSR count). The second-order valence-electron chi connectivity index (χ2n) is 3.65. The first-order chi connectivity index (χ1) is 4.63. The minimum absolute atomic E-state index is 0.226. The van der Waals surface area contributed by atoms with Gasteiger partial charge >= 0.3 is 0 Å². The van der Waals surface area contributed by atoms with Crippen LogP contribution in [0.25, 0.3) is 0 Å². The summed E-state index contributed by atoms with van der Waals surface area (Å²) >= 11 is 0. The lowest BCUT2D eigenvalue weighted by molar-refractivity contribution is 0.214. The first-order valence-electron chi connectivity index (χ1n) is 4.14. The van der Waals surface area contributed by atoms with Crippen LogP contribution in [-0.2, 0) is 0 Å². The third kappa shape index (κ3) is 1.32. The second-order valence-corrected chi connectivity index (χ2v) is 3.65. The summed E-state index contributed by atoms with van der Waals surface area (Å²) in [7, 11) is 0. The van der Waals surface area contributed by atoms with Crippen LogP contribution >= 0.6 is 0 Å². The predicted molar refractivity (Wildman–Crippen MR) is 43.5 cm³/mol. The molecule has 4 N–H and O–H groups in total. The van der Waals surface area contributed by atoms with Crippen molar-refractivity contribution in [3.8, 4) is 0 Å². The Balaban J connectivity index is 2.52. The molecular formula is C8H18N2.